The average Bonchev–Trinajstić information content (AvgIpc) is 2.35. The van der Waals surface area contributed by atoms with Crippen LogP contribution in [0.25, 0.3) is 0 Å². The molecule has 0 saturated heterocycles. The van der Waals surface area contributed by atoms with Crippen LogP contribution < -0.4 is 5.73 Å². The molecule has 0 aromatic carbocycles. The van der Waals surface area contributed by atoms with Gasteiger partial charge in [0.15, 0.2) is 0 Å². The second-order valence-corrected chi connectivity index (χ2v) is 6.17. The van der Waals surface area contributed by atoms with Crippen LogP contribution >= 0.6 is 0 Å². The van der Waals surface area contributed by atoms with Crippen LogP contribution in [0.4, 0.5) is 4.79 Å². The predicted octanol–water partition coefficient (Wildman–Crippen LogP) is 3.15. The smallest absolute Gasteiger partial charge is 0.410 e. The normalized spacial score (nSPS) is 15.3. The number of nitrogens with zero attached hydrogens (tertiary/aromatic N) is 1. The Hall–Kier alpha value is -0.810. The predicted molar refractivity (Wildman–Crippen MR) is 88.3 cm³/mol. The summed E-state index contributed by atoms with van der Waals surface area (Å²) < 4.78 is 5.40. The van der Waals surface area contributed by atoms with Crippen molar-refractivity contribution in [3.8, 4) is 0 Å². The van der Waals surface area contributed by atoms with Crippen molar-refractivity contribution in [2.75, 3.05) is 6.54 Å². The Morgan fingerprint density at radius 3 is 2.10 bits per heavy atom. The van der Waals surface area contributed by atoms with Crippen LogP contribution in [-0.2, 0) is 4.74 Å². The molecule has 0 saturated carbocycles. The van der Waals surface area contributed by atoms with E-state index in [0.29, 0.717) is 6.54 Å². The van der Waals surface area contributed by atoms with Gasteiger partial charge in [-0.3, -0.25) is 0 Å². The maximum Gasteiger partial charge on any atom is 0.410 e. The van der Waals surface area contributed by atoms with Crippen molar-refractivity contribution in [2.45, 2.75) is 92.0 Å². The number of hydrogen-bond acceptors (Lipinski definition) is 4. The van der Waals surface area contributed by atoms with E-state index in [0.717, 1.165) is 12.8 Å². The standard InChI is InChI=1S/C14H30N2O3.C2H6/c1-7-8-10(2)16(9-12(15)11(3)17)13(18)19-14(4,5)6;1-2/h10-12,17H,7-9,15H2,1-6H3;1-2H3/t10?,11-,12?;/m1./s1. The van der Waals surface area contributed by atoms with Crippen molar-refractivity contribution in [2.24, 2.45) is 5.73 Å². The molecule has 1 amide bonds. The minimum atomic E-state index is -0.654. The Morgan fingerprint density at radius 2 is 1.76 bits per heavy atom. The summed E-state index contributed by atoms with van der Waals surface area (Å²) in [4.78, 5) is 13.8. The molecule has 2 unspecified atom stereocenters. The van der Waals surface area contributed by atoms with E-state index in [4.69, 9.17) is 10.5 Å². The summed E-state index contributed by atoms with van der Waals surface area (Å²) in [6.07, 6.45) is 0.833. The topological polar surface area (TPSA) is 75.8 Å². The molecule has 3 N–H and O–H groups in total. The second kappa shape index (κ2) is 10.9. The van der Waals surface area contributed by atoms with E-state index in [1.807, 2.05) is 41.5 Å². The molecule has 0 aromatic heterocycles. The Labute approximate surface area is 130 Å². The van der Waals surface area contributed by atoms with Crippen molar-refractivity contribution in [1.29, 1.82) is 0 Å². The van der Waals surface area contributed by atoms with Gasteiger partial charge in [0, 0.05) is 18.6 Å². The fourth-order valence-corrected chi connectivity index (χ4v) is 1.71. The van der Waals surface area contributed by atoms with Crippen molar-refractivity contribution >= 4 is 6.09 Å². The molecule has 21 heavy (non-hydrogen) atoms. The van der Waals surface area contributed by atoms with Crippen LogP contribution in [0, 0.1) is 0 Å². The number of ether oxygens (including phenoxy) is 1. The molecule has 0 fully saturated rings. The quantitative estimate of drug-likeness (QED) is 0.790. The lowest BCUT2D eigenvalue weighted by Gasteiger charge is -2.34. The van der Waals surface area contributed by atoms with Gasteiger partial charge >= 0.3 is 6.09 Å². The number of carbonyl (C=O) groups is 1. The minimum Gasteiger partial charge on any atom is -0.444 e. The number of amides is 1. The molecule has 0 spiro atoms. The third-order valence-electron chi connectivity index (χ3n) is 2.89. The van der Waals surface area contributed by atoms with Gasteiger partial charge in [-0.05, 0) is 41.0 Å². The number of carbonyl (C=O) groups excluding carboxylic acids is 1. The van der Waals surface area contributed by atoms with Crippen LogP contribution in [0.15, 0.2) is 0 Å². The SMILES string of the molecule is CC.CCCC(C)N(CC(N)[C@@H](C)O)C(=O)OC(C)(C)C. The lowest BCUT2D eigenvalue weighted by atomic mass is 10.1. The Balaban J connectivity index is 0. The van der Waals surface area contributed by atoms with E-state index in [1.54, 1.807) is 11.8 Å². The third kappa shape index (κ3) is 10.5. The van der Waals surface area contributed by atoms with Crippen molar-refractivity contribution < 1.29 is 14.6 Å². The van der Waals surface area contributed by atoms with E-state index >= 15 is 0 Å². The highest BCUT2D eigenvalue weighted by atomic mass is 16.6. The lowest BCUT2D eigenvalue weighted by molar-refractivity contribution is 0.0118. The van der Waals surface area contributed by atoms with Crippen LogP contribution in [0.5, 0.6) is 0 Å². The molecule has 0 aliphatic heterocycles. The maximum atomic E-state index is 12.2. The molecule has 3 atom stereocenters. The molecule has 0 aliphatic rings. The molecule has 0 bridgehead atoms. The zero-order valence-corrected chi connectivity index (χ0v) is 15.1. The van der Waals surface area contributed by atoms with Crippen molar-refractivity contribution in [3.63, 3.8) is 0 Å². The summed E-state index contributed by atoms with van der Waals surface area (Å²) in [5.41, 5.74) is 5.32. The molecule has 128 valence electrons. The first-order valence-corrected chi connectivity index (χ1v) is 8.01. The summed E-state index contributed by atoms with van der Waals surface area (Å²) in [7, 11) is 0. The fourth-order valence-electron chi connectivity index (χ4n) is 1.71. The van der Waals surface area contributed by atoms with E-state index in [1.165, 1.54) is 0 Å². The largest absolute Gasteiger partial charge is 0.444 e. The number of nitrogens with two attached hydrogens (primary N) is 1. The Kier molecular flexibility index (Phi) is 11.6. The molecule has 0 aromatic rings. The van der Waals surface area contributed by atoms with Gasteiger partial charge in [0.2, 0.25) is 0 Å². The monoisotopic (exact) mass is 304 g/mol. The maximum absolute atomic E-state index is 12.2. The minimum absolute atomic E-state index is 0.0460. The van der Waals surface area contributed by atoms with Crippen LogP contribution in [-0.4, -0.2) is 46.4 Å². The third-order valence-corrected chi connectivity index (χ3v) is 2.89. The van der Waals surface area contributed by atoms with Crippen LogP contribution in [0.2, 0.25) is 0 Å². The van der Waals surface area contributed by atoms with Crippen molar-refractivity contribution in [3.05, 3.63) is 0 Å². The second-order valence-electron chi connectivity index (χ2n) is 6.17. The van der Waals surface area contributed by atoms with Gasteiger partial charge in [0.1, 0.15) is 5.60 Å². The number of aliphatic hydroxyl groups excluding tert-OH is 1. The van der Waals surface area contributed by atoms with Gasteiger partial charge in [-0.15, -0.1) is 0 Å². The first-order valence-electron chi connectivity index (χ1n) is 8.01. The zero-order chi connectivity index (χ0) is 17.2. The van der Waals surface area contributed by atoms with Gasteiger partial charge in [-0.2, -0.15) is 0 Å². The summed E-state index contributed by atoms with van der Waals surface area (Å²) >= 11 is 0. The number of hydrogen-bond donors (Lipinski definition) is 2. The number of aliphatic hydroxyl groups is 1. The molecule has 5 heteroatoms. The van der Waals surface area contributed by atoms with Crippen molar-refractivity contribution in [1.82, 2.24) is 4.90 Å². The molecule has 5 nitrogen and oxygen atoms in total. The van der Waals surface area contributed by atoms with Crippen LogP contribution in [0.1, 0.15) is 68.2 Å². The molecular formula is C16H36N2O3. The first-order chi connectivity index (χ1) is 9.58. The summed E-state index contributed by atoms with van der Waals surface area (Å²) in [6.45, 7) is 15.5. The summed E-state index contributed by atoms with van der Waals surface area (Å²) in [6, 6.07) is -0.420. The van der Waals surface area contributed by atoms with Gasteiger partial charge in [0.05, 0.1) is 6.10 Å². The Morgan fingerprint density at radius 1 is 1.29 bits per heavy atom. The molecule has 0 radical (unpaired) electrons. The van der Waals surface area contributed by atoms with Gasteiger partial charge in [-0.1, -0.05) is 27.2 Å². The van der Waals surface area contributed by atoms with Gasteiger partial charge < -0.3 is 20.5 Å². The molecule has 0 heterocycles. The van der Waals surface area contributed by atoms with E-state index in [2.05, 4.69) is 6.92 Å². The van der Waals surface area contributed by atoms with Gasteiger partial charge in [0.25, 0.3) is 0 Å². The van der Waals surface area contributed by atoms with Gasteiger partial charge in [-0.25, -0.2) is 4.79 Å². The lowest BCUT2D eigenvalue weighted by Crippen LogP contribution is -2.50. The first kappa shape index (κ1) is 22.5. The molecule has 0 aliphatic carbocycles. The van der Waals surface area contributed by atoms with E-state index < -0.39 is 17.7 Å². The number of rotatable bonds is 6. The highest BCUT2D eigenvalue weighted by Gasteiger charge is 2.28. The van der Waals surface area contributed by atoms with E-state index in [9.17, 15) is 9.90 Å². The molecular weight excluding hydrogens is 268 g/mol. The van der Waals surface area contributed by atoms with E-state index in [-0.39, 0.29) is 12.1 Å². The zero-order valence-electron chi connectivity index (χ0n) is 15.1. The fraction of sp³-hybridized carbons (Fsp3) is 0.938. The Bertz CT molecular complexity index is 275. The highest BCUT2D eigenvalue weighted by Crippen LogP contribution is 2.15. The highest BCUT2D eigenvalue weighted by molar-refractivity contribution is 5.68. The molecule has 0 rings (SSSR count). The average molecular weight is 304 g/mol. The summed E-state index contributed by atoms with van der Waals surface area (Å²) in [5, 5.41) is 9.49. The summed E-state index contributed by atoms with van der Waals surface area (Å²) in [5.74, 6) is 0. The van der Waals surface area contributed by atoms with Crippen LogP contribution in [0.3, 0.4) is 0 Å².